The van der Waals surface area contributed by atoms with E-state index in [0.29, 0.717) is 5.75 Å². The first-order chi connectivity index (χ1) is 15.7. The molecule has 0 unspecified atom stereocenters. The van der Waals surface area contributed by atoms with Gasteiger partial charge in [0.05, 0.1) is 12.8 Å². The van der Waals surface area contributed by atoms with Crippen molar-refractivity contribution in [2.75, 3.05) is 42.1 Å². The number of benzene rings is 2. The number of rotatable bonds is 5. The van der Waals surface area contributed by atoms with Crippen molar-refractivity contribution < 1.29 is 14.2 Å². The summed E-state index contributed by atoms with van der Waals surface area (Å²) in [5, 5.41) is 3.93. The van der Waals surface area contributed by atoms with Gasteiger partial charge >= 0.3 is 5.16 Å². The van der Waals surface area contributed by atoms with Crippen molar-refractivity contribution in [3.63, 3.8) is 0 Å². The minimum Gasteiger partial charge on any atom is -0.368 e. The van der Waals surface area contributed by atoms with Crippen LogP contribution in [0.4, 0.5) is 11.4 Å². The third-order valence-corrected chi connectivity index (χ3v) is 6.93. The zero-order valence-corrected chi connectivity index (χ0v) is 20.5. The summed E-state index contributed by atoms with van der Waals surface area (Å²) in [6.45, 7) is 8.99. The van der Waals surface area contributed by atoms with Crippen LogP contribution in [0.25, 0.3) is 11.0 Å². The highest BCUT2D eigenvalue weighted by Gasteiger charge is 2.29. The molecule has 0 saturated carbocycles. The van der Waals surface area contributed by atoms with Crippen molar-refractivity contribution in [1.82, 2.24) is 9.88 Å². The summed E-state index contributed by atoms with van der Waals surface area (Å²) in [4.78, 5) is 32.6. The van der Waals surface area contributed by atoms with E-state index in [0.717, 1.165) is 53.7 Å². The predicted octanol–water partition coefficient (Wildman–Crippen LogP) is 3.42. The average molecular weight is 467 g/mol. The van der Waals surface area contributed by atoms with Crippen LogP contribution in [0.3, 0.4) is 0 Å². The number of nitrogens with one attached hydrogen (secondary N) is 2. The molecule has 8 heteroatoms. The van der Waals surface area contributed by atoms with Gasteiger partial charge in [-0.2, -0.15) is 0 Å². The largest absolute Gasteiger partial charge is 0.368 e. The monoisotopic (exact) mass is 466 g/mol. The Balaban J connectivity index is 1.28. The first-order valence-electron chi connectivity index (χ1n) is 11.3. The Morgan fingerprint density at radius 2 is 1.70 bits per heavy atom. The number of nitrogens with zero attached hydrogens (tertiary/aromatic N) is 3. The van der Waals surface area contributed by atoms with Crippen LogP contribution >= 0.6 is 11.8 Å². The number of anilines is 2. The minimum absolute atomic E-state index is 0.0410. The standard InChI is InChI=1S/C25H31N5O2S/c1-25(2,3)23(32)30-15-13-29(14-16-30)19-11-9-18(10-12-19)26-22(31)17-33-24-27-20-7-5-6-8-21(20)28(24)4/h5-12H,13-17H2,1-4H3,(H,26,31)/p+1. The Hall–Kier alpha value is -3.00. The van der Waals surface area contributed by atoms with Crippen LogP contribution in [0.15, 0.2) is 53.7 Å². The maximum absolute atomic E-state index is 12.5. The number of aromatic amines is 1. The second kappa shape index (κ2) is 9.47. The van der Waals surface area contributed by atoms with E-state index < -0.39 is 0 Å². The summed E-state index contributed by atoms with van der Waals surface area (Å²) >= 11 is 1.49. The van der Waals surface area contributed by atoms with Crippen molar-refractivity contribution >= 4 is 46.0 Å². The van der Waals surface area contributed by atoms with Crippen LogP contribution in [0.5, 0.6) is 0 Å². The van der Waals surface area contributed by atoms with Crippen LogP contribution in [0, 0.1) is 5.41 Å². The summed E-state index contributed by atoms with van der Waals surface area (Å²) < 4.78 is 2.07. The Morgan fingerprint density at radius 1 is 1.03 bits per heavy atom. The molecule has 1 fully saturated rings. The molecule has 4 rings (SSSR count). The number of H-pyrrole nitrogens is 1. The molecule has 33 heavy (non-hydrogen) atoms. The summed E-state index contributed by atoms with van der Waals surface area (Å²) in [5.74, 6) is 0.492. The lowest BCUT2D eigenvalue weighted by Crippen LogP contribution is -2.51. The summed E-state index contributed by atoms with van der Waals surface area (Å²) in [7, 11) is 2.00. The molecule has 1 aliphatic heterocycles. The highest BCUT2D eigenvalue weighted by Crippen LogP contribution is 2.23. The first-order valence-corrected chi connectivity index (χ1v) is 12.2. The molecule has 1 saturated heterocycles. The van der Waals surface area contributed by atoms with Crippen molar-refractivity contribution in [3.05, 3.63) is 48.5 Å². The van der Waals surface area contributed by atoms with Crippen LogP contribution < -0.4 is 14.8 Å². The lowest BCUT2D eigenvalue weighted by Gasteiger charge is -2.38. The number of imidazole rings is 1. The van der Waals surface area contributed by atoms with E-state index in [-0.39, 0.29) is 17.2 Å². The number of aromatic nitrogens is 2. The molecule has 1 aromatic heterocycles. The zero-order valence-electron chi connectivity index (χ0n) is 19.7. The molecule has 2 N–H and O–H groups in total. The zero-order chi connectivity index (χ0) is 23.6. The van der Waals surface area contributed by atoms with Gasteiger partial charge < -0.3 is 15.1 Å². The van der Waals surface area contributed by atoms with E-state index in [9.17, 15) is 9.59 Å². The fourth-order valence-corrected chi connectivity index (χ4v) is 4.86. The molecule has 0 atom stereocenters. The number of thioether (sulfide) groups is 1. The maximum atomic E-state index is 12.5. The number of hydrogen-bond acceptors (Lipinski definition) is 4. The minimum atomic E-state index is -0.341. The normalized spacial score (nSPS) is 14.5. The SMILES string of the molecule is C[n+]1c(SCC(=O)Nc2ccc(N3CCN(C(=O)C(C)(C)C)CC3)cc2)[nH]c2ccccc21. The molecule has 174 valence electrons. The van der Waals surface area contributed by atoms with Crippen LogP contribution in [0.2, 0.25) is 0 Å². The van der Waals surface area contributed by atoms with Gasteiger partial charge in [-0.3, -0.25) is 9.59 Å². The number of aryl methyl sites for hydroxylation is 1. The number of carbonyl (C=O) groups excluding carboxylic acids is 2. The van der Waals surface area contributed by atoms with E-state index in [1.165, 1.54) is 11.8 Å². The third kappa shape index (κ3) is 5.33. The predicted molar refractivity (Wildman–Crippen MR) is 134 cm³/mol. The Morgan fingerprint density at radius 3 is 2.33 bits per heavy atom. The van der Waals surface area contributed by atoms with E-state index in [1.54, 1.807) is 0 Å². The topological polar surface area (TPSA) is 72.3 Å². The lowest BCUT2D eigenvalue weighted by molar-refractivity contribution is -0.683. The number of amides is 2. The first kappa shape index (κ1) is 23.2. The van der Waals surface area contributed by atoms with Gasteiger partial charge in [0, 0.05) is 43.0 Å². The van der Waals surface area contributed by atoms with E-state index in [2.05, 4.69) is 25.8 Å². The smallest absolute Gasteiger partial charge is 0.317 e. The number of para-hydroxylation sites is 2. The van der Waals surface area contributed by atoms with E-state index in [1.807, 2.05) is 75.2 Å². The van der Waals surface area contributed by atoms with Crippen LogP contribution in [0.1, 0.15) is 20.8 Å². The highest BCUT2D eigenvalue weighted by molar-refractivity contribution is 7.99. The second-order valence-corrected chi connectivity index (χ2v) is 10.4. The fourth-order valence-electron chi connectivity index (χ4n) is 4.04. The van der Waals surface area contributed by atoms with Crippen molar-refractivity contribution in [2.24, 2.45) is 12.5 Å². The maximum Gasteiger partial charge on any atom is 0.317 e. The molecule has 2 aromatic carbocycles. The molecule has 0 radical (unpaired) electrons. The summed E-state index contributed by atoms with van der Waals surface area (Å²) in [5.41, 5.74) is 3.72. The van der Waals surface area contributed by atoms with Gasteiger partial charge in [-0.05, 0) is 48.2 Å². The second-order valence-electron chi connectivity index (χ2n) is 9.42. The highest BCUT2D eigenvalue weighted by atomic mass is 32.2. The van der Waals surface area contributed by atoms with Gasteiger partial charge in [-0.15, -0.1) is 0 Å². The Kier molecular flexibility index (Phi) is 6.65. The van der Waals surface area contributed by atoms with Crippen molar-refractivity contribution in [1.29, 1.82) is 0 Å². The molecule has 2 heterocycles. The molecule has 0 spiro atoms. The number of fused-ring (bicyclic) bond motifs is 1. The van der Waals surface area contributed by atoms with Gasteiger partial charge in [-0.1, -0.05) is 32.9 Å². The van der Waals surface area contributed by atoms with Crippen LogP contribution in [-0.4, -0.2) is 53.6 Å². The molecule has 3 aromatic rings. The van der Waals surface area contributed by atoms with E-state index in [4.69, 9.17) is 0 Å². The quantitative estimate of drug-likeness (QED) is 0.447. The van der Waals surface area contributed by atoms with Gasteiger partial charge in [0.25, 0.3) is 0 Å². The molecule has 7 nitrogen and oxygen atoms in total. The van der Waals surface area contributed by atoms with Gasteiger partial charge in [0.15, 0.2) is 11.0 Å². The number of hydrogen-bond donors (Lipinski definition) is 2. The molecule has 1 aliphatic rings. The van der Waals surface area contributed by atoms with Crippen molar-refractivity contribution in [2.45, 2.75) is 25.9 Å². The lowest BCUT2D eigenvalue weighted by atomic mass is 9.94. The number of carbonyl (C=O) groups is 2. The molecule has 0 aliphatic carbocycles. The van der Waals surface area contributed by atoms with Crippen LogP contribution in [-0.2, 0) is 16.6 Å². The van der Waals surface area contributed by atoms with Gasteiger partial charge in [0.2, 0.25) is 11.8 Å². The molecular formula is C25H32N5O2S+. The van der Waals surface area contributed by atoms with Gasteiger partial charge in [0.1, 0.15) is 0 Å². The molecule has 0 bridgehead atoms. The van der Waals surface area contributed by atoms with E-state index >= 15 is 0 Å². The Bertz CT molecular complexity index is 1140. The van der Waals surface area contributed by atoms with Gasteiger partial charge in [-0.25, -0.2) is 9.55 Å². The summed E-state index contributed by atoms with van der Waals surface area (Å²) in [6.07, 6.45) is 0. The third-order valence-electron chi connectivity index (χ3n) is 5.88. The van der Waals surface area contributed by atoms with Crippen molar-refractivity contribution in [3.8, 4) is 0 Å². The Labute approximate surface area is 199 Å². The molecular weight excluding hydrogens is 434 g/mol. The number of piperazine rings is 1. The summed E-state index contributed by atoms with van der Waals surface area (Å²) in [6, 6.07) is 16.0. The average Bonchev–Trinajstić information content (AvgIpc) is 3.13. The molecule has 2 amide bonds. The fraction of sp³-hybridized carbons (Fsp3) is 0.400.